The maximum Gasteiger partial charge on any atom is 0.192 e. The molecule has 0 N–H and O–H groups in total. The first-order valence-corrected chi connectivity index (χ1v) is 4.04. The minimum atomic E-state index is 0.440. The highest BCUT2D eigenvalue weighted by molar-refractivity contribution is 8.00. The van der Waals surface area contributed by atoms with E-state index in [1.54, 1.807) is 0 Å². The predicted octanol–water partition coefficient (Wildman–Crippen LogP) is 1.08. The molecule has 1 atom stereocenters. The Labute approximate surface area is 59.2 Å². The zero-order valence-corrected chi connectivity index (χ0v) is 5.91. The highest BCUT2D eigenvalue weighted by Gasteiger charge is 2.11. The molecule has 1 nitrogen and oxygen atoms in total. The van der Waals surface area contributed by atoms with Crippen LogP contribution < -0.4 is 0 Å². The van der Waals surface area contributed by atoms with Crippen LogP contribution in [0.2, 0.25) is 0 Å². The van der Waals surface area contributed by atoms with Gasteiger partial charge in [-0.3, -0.25) is 4.79 Å². The second-order valence-corrected chi connectivity index (χ2v) is 3.22. The molecule has 1 fully saturated rings. The van der Waals surface area contributed by atoms with Gasteiger partial charge in [0.15, 0.2) is 6.29 Å². The average Bonchev–Trinajstić information content (AvgIpc) is 2.34. The Morgan fingerprint density at radius 3 is 3.11 bits per heavy atom. The Morgan fingerprint density at radius 1 is 1.67 bits per heavy atom. The van der Waals surface area contributed by atoms with Gasteiger partial charge in [0.1, 0.15) is 0 Å². The molecule has 0 bridgehead atoms. The lowest BCUT2D eigenvalue weighted by atomic mass is 10.2. The number of thioether (sulfide) groups is 1. The molecule has 9 heavy (non-hydrogen) atoms. The second kappa shape index (κ2) is 3.58. The number of aldehydes is 1. The first-order valence-electron chi connectivity index (χ1n) is 3.00. The van der Waals surface area contributed by atoms with Crippen LogP contribution in [0, 0.1) is 11.8 Å². The maximum absolute atomic E-state index is 9.78. The molecule has 1 heterocycles. The van der Waals surface area contributed by atoms with Gasteiger partial charge in [0.05, 0.1) is 5.25 Å². The van der Waals surface area contributed by atoms with E-state index in [0.717, 1.165) is 6.42 Å². The van der Waals surface area contributed by atoms with Crippen LogP contribution in [0.4, 0.5) is 0 Å². The molecule has 1 rings (SSSR count). The number of rotatable bonds is 0. The van der Waals surface area contributed by atoms with Crippen molar-refractivity contribution >= 4 is 18.0 Å². The van der Waals surface area contributed by atoms with Crippen molar-refractivity contribution in [1.82, 2.24) is 0 Å². The minimum Gasteiger partial charge on any atom is -0.289 e. The van der Waals surface area contributed by atoms with Gasteiger partial charge in [-0.05, 0) is 24.5 Å². The van der Waals surface area contributed by atoms with E-state index in [1.165, 1.54) is 12.2 Å². The standard InChI is InChI=1S/C7H8OS/c8-5-1-3-7-4-2-6-9-7/h5,7H,2,4,6H2. The third-order valence-electron chi connectivity index (χ3n) is 1.23. The first kappa shape index (κ1) is 6.70. The molecular formula is C7H8OS. The number of hydrogen-bond donors (Lipinski definition) is 0. The molecule has 0 aliphatic carbocycles. The summed E-state index contributed by atoms with van der Waals surface area (Å²) < 4.78 is 0. The van der Waals surface area contributed by atoms with E-state index in [-0.39, 0.29) is 0 Å². The molecule has 2 heteroatoms. The summed E-state index contributed by atoms with van der Waals surface area (Å²) in [6.45, 7) is 0. The average molecular weight is 140 g/mol. The first-order chi connectivity index (χ1) is 4.43. The molecule has 0 spiro atoms. The Morgan fingerprint density at radius 2 is 2.56 bits per heavy atom. The number of carbonyl (C=O) groups excluding carboxylic acids is 1. The predicted molar refractivity (Wildman–Crippen MR) is 39.3 cm³/mol. The largest absolute Gasteiger partial charge is 0.289 e. The van der Waals surface area contributed by atoms with E-state index in [9.17, 15) is 4.79 Å². The van der Waals surface area contributed by atoms with E-state index in [0.29, 0.717) is 11.5 Å². The lowest BCUT2D eigenvalue weighted by molar-refractivity contribution is -0.103. The van der Waals surface area contributed by atoms with Crippen LogP contribution in [0.25, 0.3) is 0 Å². The van der Waals surface area contributed by atoms with Gasteiger partial charge in [0.25, 0.3) is 0 Å². The Balaban J connectivity index is 2.34. The molecule has 1 unspecified atom stereocenters. The molecule has 1 saturated heterocycles. The molecule has 0 radical (unpaired) electrons. The third kappa shape index (κ3) is 2.11. The van der Waals surface area contributed by atoms with E-state index in [2.05, 4.69) is 11.8 Å². The fraction of sp³-hybridized carbons (Fsp3) is 0.571. The van der Waals surface area contributed by atoms with Crippen LogP contribution in [0.3, 0.4) is 0 Å². The van der Waals surface area contributed by atoms with E-state index in [4.69, 9.17) is 0 Å². The summed E-state index contributed by atoms with van der Waals surface area (Å²) in [5.74, 6) is 6.52. The molecule has 48 valence electrons. The topological polar surface area (TPSA) is 17.1 Å². The molecule has 0 amide bonds. The zero-order valence-electron chi connectivity index (χ0n) is 5.09. The summed E-state index contributed by atoms with van der Waals surface area (Å²) in [6.07, 6.45) is 3.08. The van der Waals surface area contributed by atoms with Crippen LogP contribution in [-0.2, 0) is 4.79 Å². The summed E-state index contributed by atoms with van der Waals surface area (Å²) in [5, 5.41) is 0.440. The van der Waals surface area contributed by atoms with Crippen molar-refractivity contribution in [2.24, 2.45) is 0 Å². The lowest BCUT2D eigenvalue weighted by Gasteiger charge is -1.92. The summed E-state index contributed by atoms with van der Waals surface area (Å²) >= 11 is 1.85. The van der Waals surface area contributed by atoms with Gasteiger partial charge in [-0.15, -0.1) is 11.8 Å². The molecule has 1 aliphatic rings. The van der Waals surface area contributed by atoms with Crippen molar-refractivity contribution in [3.05, 3.63) is 0 Å². The molecule has 0 saturated carbocycles. The fourth-order valence-electron chi connectivity index (χ4n) is 0.818. The van der Waals surface area contributed by atoms with Crippen molar-refractivity contribution in [2.75, 3.05) is 5.75 Å². The van der Waals surface area contributed by atoms with Gasteiger partial charge in [-0.2, -0.15) is 0 Å². The van der Waals surface area contributed by atoms with Crippen LogP contribution in [-0.4, -0.2) is 17.3 Å². The molecule has 0 aromatic carbocycles. The lowest BCUT2D eigenvalue weighted by Crippen LogP contribution is -1.89. The SMILES string of the molecule is O=CC#CC1CCCS1. The summed E-state index contributed by atoms with van der Waals surface area (Å²) in [6, 6.07) is 0. The molecule has 0 aromatic heterocycles. The van der Waals surface area contributed by atoms with E-state index < -0.39 is 0 Å². The second-order valence-electron chi connectivity index (χ2n) is 1.91. The van der Waals surface area contributed by atoms with Crippen molar-refractivity contribution in [3.63, 3.8) is 0 Å². The van der Waals surface area contributed by atoms with Crippen LogP contribution >= 0.6 is 11.8 Å². The van der Waals surface area contributed by atoms with Crippen molar-refractivity contribution in [3.8, 4) is 11.8 Å². The Hall–Kier alpha value is -0.420. The van der Waals surface area contributed by atoms with Crippen LogP contribution in [0.5, 0.6) is 0 Å². The number of carbonyl (C=O) groups is 1. The van der Waals surface area contributed by atoms with E-state index >= 15 is 0 Å². The molecule has 1 aliphatic heterocycles. The highest BCUT2D eigenvalue weighted by Crippen LogP contribution is 2.24. The Bertz CT molecular complexity index is 148. The smallest absolute Gasteiger partial charge is 0.192 e. The van der Waals surface area contributed by atoms with Gasteiger partial charge in [-0.1, -0.05) is 5.92 Å². The van der Waals surface area contributed by atoms with Gasteiger partial charge in [0, 0.05) is 0 Å². The monoisotopic (exact) mass is 140 g/mol. The quantitative estimate of drug-likeness (QED) is 0.370. The molecular weight excluding hydrogens is 132 g/mol. The maximum atomic E-state index is 9.78. The van der Waals surface area contributed by atoms with Crippen molar-refractivity contribution in [2.45, 2.75) is 18.1 Å². The Kier molecular flexibility index (Phi) is 2.66. The van der Waals surface area contributed by atoms with Gasteiger partial charge < -0.3 is 0 Å². The van der Waals surface area contributed by atoms with Gasteiger partial charge >= 0.3 is 0 Å². The van der Waals surface area contributed by atoms with Crippen LogP contribution in [0.1, 0.15) is 12.8 Å². The number of hydrogen-bond acceptors (Lipinski definition) is 2. The van der Waals surface area contributed by atoms with Crippen molar-refractivity contribution < 1.29 is 4.79 Å². The van der Waals surface area contributed by atoms with E-state index in [1.807, 2.05) is 11.8 Å². The zero-order chi connectivity index (χ0) is 6.53. The minimum absolute atomic E-state index is 0.440. The van der Waals surface area contributed by atoms with Crippen molar-refractivity contribution in [1.29, 1.82) is 0 Å². The fourth-order valence-corrected chi connectivity index (χ4v) is 1.92. The third-order valence-corrected chi connectivity index (χ3v) is 2.51. The summed E-state index contributed by atoms with van der Waals surface area (Å²) in [5.41, 5.74) is 0. The van der Waals surface area contributed by atoms with Gasteiger partial charge in [-0.25, -0.2) is 0 Å². The highest BCUT2D eigenvalue weighted by atomic mass is 32.2. The summed E-state index contributed by atoms with van der Waals surface area (Å²) in [7, 11) is 0. The molecule has 0 aromatic rings. The normalized spacial score (nSPS) is 24.7. The summed E-state index contributed by atoms with van der Waals surface area (Å²) in [4.78, 5) is 9.78. The van der Waals surface area contributed by atoms with Gasteiger partial charge in [0.2, 0.25) is 0 Å². The van der Waals surface area contributed by atoms with Crippen LogP contribution in [0.15, 0.2) is 0 Å².